The monoisotopic (exact) mass is 296 g/mol. The molecule has 1 aliphatic heterocycles. The number of carboxylic acids is 1. The highest BCUT2D eigenvalue weighted by molar-refractivity contribution is 7.89. The van der Waals surface area contributed by atoms with Gasteiger partial charge in [0, 0.05) is 13.0 Å². The van der Waals surface area contributed by atoms with Gasteiger partial charge in [-0.2, -0.15) is 9.57 Å². The van der Waals surface area contributed by atoms with Crippen molar-refractivity contribution in [3.05, 3.63) is 29.8 Å². The van der Waals surface area contributed by atoms with Gasteiger partial charge in [-0.05, 0) is 24.3 Å². The quantitative estimate of drug-likeness (QED) is 0.795. The van der Waals surface area contributed by atoms with E-state index in [-0.39, 0.29) is 17.9 Å². The van der Waals surface area contributed by atoms with Crippen molar-refractivity contribution in [2.45, 2.75) is 23.5 Å². The van der Waals surface area contributed by atoms with Crippen LogP contribution in [0.3, 0.4) is 0 Å². The molecule has 1 saturated heterocycles. The fourth-order valence-electron chi connectivity index (χ4n) is 2.11. The largest absolute Gasteiger partial charge is 0.480 e. The summed E-state index contributed by atoms with van der Waals surface area (Å²) in [6.07, 6.45) is -1.13. The van der Waals surface area contributed by atoms with Crippen molar-refractivity contribution in [3.63, 3.8) is 0 Å². The van der Waals surface area contributed by atoms with Crippen molar-refractivity contribution in [2.24, 2.45) is 0 Å². The summed E-state index contributed by atoms with van der Waals surface area (Å²) < 4.78 is 25.5. The summed E-state index contributed by atoms with van der Waals surface area (Å²) in [5.41, 5.74) is 0.306. The van der Waals surface area contributed by atoms with Gasteiger partial charge in [0.2, 0.25) is 10.0 Å². The first-order valence-corrected chi connectivity index (χ1v) is 7.23. The molecule has 1 heterocycles. The first kappa shape index (κ1) is 14.5. The molecule has 0 bridgehead atoms. The zero-order valence-corrected chi connectivity index (χ0v) is 11.1. The van der Waals surface area contributed by atoms with E-state index >= 15 is 0 Å². The number of sulfonamides is 1. The van der Waals surface area contributed by atoms with Crippen LogP contribution >= 0.6 is 0 Å². The summed E-state index contributed by atoms with van der Waals surface area (Å²) in [6.45, 7) is -0.251. The van der Waals surface area contributed by atoms with Crippen LogP contribution in [0.2, 0.25) is 0 Å². The molecule has 0 aliphatic carbocycles. The average molecular weight is 296 g/mol. The molecule has 0 saturated carbocycles. The van der Waals surface area contributed by atoms with Gasteiger partial charge in [-0.3, -0.25) is 4.79 Å². The van der Waals surface area contributed by atoms with E-state index in [0.29, 0.717) is 5.56 Å². The Morgan fingerprint density at radius 1 is 1.35 bits per heavy atom. The molecular weight excluding hydrogens is 284 g/mol. The first-order valence-electron chi connectivity index (χ1n) is 5.79. The van der Waals surface area contributed by atoms with Gasteiger partial charge in [-0.15, -0.1) is 0 Å². The molecule has 0 amide bonds. The third-order valence-electron chi connectivity index (χ3n) is 3.11. The van der Waals surface area contributed by atoms with Gasteiger partial charge in [-0.25, -0.2) is 8.42 Å². The lowest BCUT2D eigenvalue weighted by atomic mass is 10.2. The van der Waals surface area contributed by atoms with Crippen LogP contribution < -0.4 is 0 Å². The zero-order valence-electron chi connectivity index (χ0n) is 10.3. The maximum atomic E-state index is 12.4. The molecule has 1 unspecified atom stereocenters. The summed E-state index contributed by atoms with van der Waals surface area (Å²) in [6, 6.07) is 5.77. The Morgan fingerprint density at radius 2 is 1.95 bits per heavy atom. The van der Waals surface area contributed by atoms with E-state index in [0.717, 1.165) is 4.31 Å². The van der Waals surface area contributed by atoms with E-state index in [1.807, 2.05) is 6.07 Å². The number of aliphatic carboxylic acids is 1. The molecule has 1 aromatic rings. The fraction of sp³-hybridized carbons (Fsp3) is 0.333. The van der Waals surface area contributed by atoms with E-state index in [1.165, 1.54) is 24.3 Å². The van der Waals surface area contributed by atoms with Crippen molar-refractivity contribution >= 4 is 16.0 Å². The number of nitriles is 1. The lowest BCUT2D eigenvalue weighted by molar-refractivity contribution is -0.140. The maximum absolute atomic E-state index is 12.4. The van der Waals surface area contributed by atoms with Crippen molar-refractivity contribution < 1.29 is 23.4 Å². The second-order valence-electron chi connectivity index (χ2n) is 4.45. The van der Waals surface area contributed by atoms with Crippen LogP contribution in [0.25, 0.3) is 0 Å². The van der Waals surface area contributed by atoms with Crippen LogP contribution in [0.4, 0.5) is 0 Å². The molecule has 0 aromatic heterocycles. The number of carboxylic acid groups (broad SMARTS) is 1. The molecule has 0 radical (unpaired) electrons. The van der Waals surface area contributed by atoms with Gasteiger partial charge in [0.05, 0.1) is 22.6 Å². The van der Waals surface area contributed by atoms with Gasteiger partial charge in [0.1, 0.15) is 6.04 Å². The van der Waals surface area contributed by atoms with Crippen molar-refractivity contribution in [3.8, 4) is 6.07 Å². The first-order chi connectivity index (χ1) is 9.36. The SMILES string of the molecule is N#Cc1ccc(S(=O)(=O)N2CC(O)C[C@H]2C(=O)O)cc1. The topological polar surface area (TPSA) is 119 Å². The Balaban J connectivity index is 2.38. The molecule has 0 spiro atoms. The highest BCUT2D eigenvalue weighted by atomic mass is 32.2. The Hall–Kier alpha value is -1.95. The Morgan fingerprint density at radius 3 is 2.45 bits per heavy atom. The normalized spacial score (nSPS) is 23.4. The summed E-state index contributed by atoms with van der Waals surface area (Å²) in [4.78, 5) is 11.0. The Bertz CT molecular complexity index is 662. The summed E-state index contributed by atoms with van der Waals surface area (Å²) in [7, 11) is -4.01. The fourth-order valence-corrected chi connectivity index (χ4v) is 3.74. The number of carbonyl (C=O) groups is 1. The molecular formula is C12H12N2O5S. The van der Waals surface area contributed by atoms with Crippen LogP contribution in [0.15, 0.2) is 29.2 Å². The predicted octanol–water partition coefficient (Wildman–Crippen LogP) is -0.233. The molecule has 106 valence electrons. The molecule has 8 heteroatoms. The third kappa shape index (κ3) is 2.51. The lowest BCUT2D eigenvalue weighted by Gasteiger charge is -2.20. The predicted molar refractivity (Wildman–Crippen MR) is 67.1 cm³/mol. The number of rotatable bonds is 3. The van der Waals surface area contributed by atoms with Crippen LogP contribution in [0, 0.1) is 11.3 Å². The Labute approximate surface area is 115 Å². The van der Waals surface area contributed by atoms with Crippen LogP contribution in [0.5, 0.6) is 0 Å². The van der Waals surface area contributed by atoms with Crippen molar-refractivity contribution in [1.82, 2.24) is 4.31 Å². The number of benzene rings is 1. The zero-order chi connectivity index (χ0) is 14.9. The van der Waals surface area contributed by atoms with Crippen LogP contribution in [-0.4, -0.2) is 47.6 Å². The third-order valence-corrected chi connectivity index (χ3v) is 5.00. The molecule has 20 heavy (non-hydrogen) atoms. The number of hydrogen-bond donors (Lipinski definition) is 2. The second-order valence-corrected chi connectivity index (χ2v) is 6.35. The smallest absolute Gasteiger partial charge is 0.322 e. The molecule has 2 atom stereocenters. The number of β-amino-alcohol motifs (C(OH)–C–C–N with tert-alkyl or cyclic N) is 1. The van der Waals surface area contributed by atoms with E-state index < -0.39 is 28.1 Å². The second kappa shape index (κ2) is 5.20. The maximum Gasteiger partial charge on any atom is 0.322 e. The number of hydrogen-bond acceptors (Lipinski definition) is 5. The number of nitrogens with zero attached hydrogens (tertiary/aromatic N) is 2. The minimum Gasteiger partial charge on any atom is -0.480 e. The lowest BCUT2D eigenvalue weighted by Crippen LogP contribution is -2.40. The Kier molecular flexibility index (Phi) is 3.76. The van der Waals surface area contributed by atoms with Crippen molar-refractivity contribution in [2.75, 3.05) is 6.54 Å². The minimum atomic E-state index is -4.01. The molecule has 1 aromatic carbocycles. The summed E-state index contributed by atoms with van der Waals surface area (Å²) in [5.74, 6) is -1.29. The summed E-state index contributed by atoms with van der Waals surface area (Å²) >= 11 is 0. The van der Waals surface area contributed by atoms with Crippen LogP contribution in [0.1, 0.15) is 12.0 Å². The molecule has 1 fully saturated rings. The van der Waals surface area contributed by atoms with E-state index in [4.69, 9.17) is 10.4 Å². The molecule has 2 N–H and O–H groups in total. The highest BCUT2D eigenvalue weighted by Crippen LogP contribution is 2.26. The summed E-state index contributed by atoms with van der Waals surface area (Å²) in [5, 5.41) is 27.2. The van der Waals surface area contributed by atoms with E-state index in [9.17, 15) is 18.3 Å². The van der Waals surface area contributed by atoms with Gasteiger partial charge in [-0.1, -0.05) is 0 Å². The molecule has 1 aliphatic rings. The number of aliphatic hydroxyl groups excluding tert-OH is 1. The van der Waals surface area contributed by atoms with Gasteiger partial charge >= 0.3 is 5.97 Å². The standard InChI is InChI=1S/C12H12N2O5S/c13-6-8-1-3-10(4-2-8)20(18,19)14-7-9(15)5-11(14)12(16)17/h1-4,9,11,15H,5,7H2,(H,16,17)/t9?,11-/m0/s1. The van der Waals surface area contributed by atoms with Gasteiger partial charge in [0.25, 0.3) is 0 Å². The number of aliphatic hydroxyl groups is 1. The van der Waals surface area contributed by atoms with Crippen molar-refractivity contribution in [1.29, 1.82) is 5.26 Å². The highest BCUT2D eigenvalue weighted by Gasteiger charge is 2.43. The van der Waals surface area contributed by atoms with Gasteiger partial charge in [0.15, 0.2) is 0 Å². The molecule has 2 rings (SSSR count). The van der Waals surface area contributed by atoms with E-state index in [1.54, 1.807) is 0 Å². The minimum absolute atomic E-state index is 0.100. The van der Waals surface area contributed by atoms with E-state index in [2.05, 4.69) is 0 Å². The molecule has 7 nitrogen and oxygen atoms in total. The average Bonchev–Trinajstić information content (AvgIpc) is 2.82. The van der Waals surface area contributed by atoms with Crippen LogP contribution in [-0.2, 0) is 14.8 Å². The van der Waals surface area contributed by atoms with Gasteiger partial charge < -0.3 is 10.2 Å².